The Bertz CT molecular complexity index is 656. The van der Waals surface area contributed by atoms with E-state index >= 15 is 0 Å². The van der Waals surface area contributed by atoms with Crippen LogP contribution in [0, 0.1) is 11.3 Å². The van der Waals surface area contributed by atoms with Crippen LogP contribution in [0.4, 0.5) is 0 Å². The highest BCUT2D eigenvalue weighted by molar-refractivity contribution is 6.45. The molecule has 1 atom stereocenters. The number of carbonyl (C=O) groups is 1. The van der Waals surface area contributed by atoms with E-state index in [2.05, 4.69) is 27.7 Å². The van der Waals surface area contributed by atoms with Crippen LogP contribution in [-0.2, 0) is 14.0 Å². The van der Waals surface area contributed by atoms with Crippen LogP contribution in [0.5, 0.6) is 0 Å². The third kappa shape index (κ3) is 4.65. The van der Waals surface area contributed by atoms with Gasteiger partial charge < -0.3 is 14.0 Å². The first-order valence-electron chi connectivity index (χ1n) is 10.5. The number of hydrogen-bond donors (Lipinski definition) is 0. The average molecular weight is 382 g/mol. The summed E-state index contributed by atoms with van der Waals surface area (Å²) in [6, 6.07) is 9.14. The number of esters is 1. The summed E-state index contributed by atoms with van der Waals surface area (Å²) in [7, 11) is 6.01. The quantitative estimate of drug-likeness (QED) is 0.459. The minimum Gasteiger partial charge on any atom is -0.462 e. The Balaban J connectivity index is 1.54. The molecular weight excluding hydrogens is 350 g/mol. The van der Waals surface area contributed by atoms with Crippen LogP contribution in [0.2, 0.25) is 12.6 Å². The number of hydrogen-bond acceptors (Lipinski definition) is 4. The summed E-state index contributed by atoms with van der Waals surface area (Å²) < 4.78 is 17.9. The third-order valence-corrected chi connectivity index (χ3v) is 6.77. The van der Waals surface area contributed by atoms with E-state index in [4.69, 9.17) is 21.9 Å². The van der Waals surface area contributed by atoms with Crippen molar-refractivity contribution in [2.24, 2.45) is 11.3 Å². The topological polar surface area (TPSA) is 44.8 Å². The molecule has 2 fully saturated rings. The van der Waals surface area contributed by atoms with E-state index in [1.807, 2.05) is 18.2 Å². The maximum absolute atomic E-state index is 12.4. The molecule has 1 aliphatic carbocycles. The van der Waals surface area contributed by atoms with Crippen LogP contribution in [0.15, 0.2) is 30.3 Å². The van der Waals surface area contributed by atoms with Crippen LogP contribution in [-0.4, -0.2) is 38.7 Å². The summed E-state index contributed by atoms with van der Waals surface area (Å²) in [5.41, 5.74) is -0.163. The van der Waals surface area contributed by atoms with Crippen molar-refractivity contribution in [2.45, 2.75) is 77.2 Å². The van der Waals surface area contributed by atoms with Gasteiger partial charge in [0.25, 0.3) is 0 Å². The van der Waals surface area contributed by atoms with Crippen molar-refractivity contribution < 1.29 is 18.8 Å². The van der Waals surface area contributed by atoms with Gasteiger partial charge in [0, 0.05) is 0 Å². The monoisotopic (exact) mass is 382 g/mol. The maximum atomic E-state index is 12.4. The van der Waals surface area contributed by atoms with E-state index < -0.39 is 0 Å². The normalized spacial score (nSPS) is 22.6. The zero-order chi connectivity index (χ0) is 20.4. The molecule has 0 unspecified atom stereocenters. The van der Waals surface area contributed by atoms with Gasteiger partial charge in [-0.25, -0.2) is 4.79 Å². The van der Waals surface area contributed by atoms with Crippen molar-refractivity contribution in [3.05, 3.63) is 35.9 Å². The van der Waals surface area contributed by atoms with Gasteiger partial charge in [-0.1, -0.05) is 30.9 Å². The molecule has 0 N–H and O–H groups in total. The van der Waals surface area contributed by atoms with E-state index in [0.717, 1.165) is 32.0 Å². The third-order valence-electron chi connectivity index (χ3n) is 6.77. The lowest BCUT2D eigenvalue weighted by atomic mass is 9.68. The molecule has 0 amide bonds. The van der Waals surface area contributed by atoms with E-state index in [-0.39, 0.29) is 29.7 Å². The fourth-order valence-electron chi connectivity index (χ4n) is 3.99. The highest BCUT2D eigenvalue weighted by Crippen LogP contribution is 2.51. The van der Waals surface area contributed by atoms with Crippen molar-refractivity contribution in [2.75, 3.05) is 6.61 Å². The molecule has 1 aromatic rings. The van der Waals surface area contributed by atoms with Gasteiger partial charge in [-0.05, 0) is 76.7 Å². The van der Waals surface area contributed by atoms with Crippen molar-refractivity contribution in [1.29, 1.82) is 0 Å². The molecule has 28 heavy (non-hydrogen) atoms. The first-order valence-corrected chi connectivity index (χ1v) is 10.5. The Morgan fingerprint density at radius 2 is 1.79 bits per heavy atom. The summed E-state index contributed by atoms with van der Waals surface area (Å²) in [5.74, 6) is 0.268. The van der Waals surface area contributed by atoms with E-state index in [0.29, 0.717) is 24.4 Å². The van der Waals surface area contributed by atoms with Gasteiger partial charge in [-0.2, -0.15) is 0 Å². The second kappa shape index (κ2) is 8.23. The molecule has 3 rings (SSSR count). The Hall–Kier alpha value is -1.26. The molecule has 1 heterocycles. The molecule has 1 aliphatic heterocycles. The second-order valence-electron chi connectivity index (χ2n) is 9.36. The second-order valence-corrected chi connectivity index (χ2v) is 9.36. The van der Waals surface area contributed by atoms with Crippen LogP contribution in [0.3, 0.4) is 0 Å². The lowest BCUT2D eigenvalue weighted by Crippen LogP contribution is -2.41. The van der Waals surface area contributed by atoms with E-state index in [1.165, 1.54) is 0 Å². The Labute approximate surface area is 171 Å². The van der Waals surface area contributed by atoms with Crippen molar-refractivity contribution in [3.8, 4) is 0 Å². The molecule has 6 heteroatoms. The summed E-state index contributed by atoms with van der Waals surface area (Å²) in [4.78, 5) is 12.4. The lowest BCUT2D eigenvalue weighted by Gasteiger charge is -2.33. The van der Waals surface area contributed by atoms with Crippen LogP contribution in [0.1, 0.15) is 63.7 Å². The fraction of sp³-hybridized carbons (Fsp3) is 0.682. The molecule has 150 valence electrons. The average Bonchev–Trinajstić information content (AvgIpc) is 3.47. The number of carbonyl (C=O) groups excluding carboxylic acids is 1. The molecule has 2 radical (unpaired) electrons. The molecule has 1 saturated carbocycles. The molecule has 0 bridgehead atoms. The van der Waals surface area contributed by atoms with Gasteiger partial charge in [0.05, 0.1) is 31.2 Å². The van der Waals surface area contributed by atoms with Gasteiger partial charge in [0.1, 0.15) is 0 Å². The van der Waals surface area contributed by atoms with Gasteiger partial charge in [0.15, 0.2) is 0 Å². The van der Waals surface area contributed by atoms with Gasteiger partial charge in [-0.15, -0.1) is 0 Å². The van der Waals surface area contributed by atoms with Gasteiger partial charge >= 0.3 is 13.1 Å². The van der Waals surface area contributed by atoms with Crippen molar-refractivity contribution >= 4 is 20.9 Å². The zero-order valence-corrected chi connectivity index (χ0v) is 17.7. The predicted molar refractivity (Wildman–Crippen MR) is 113 cm³/mol. The number of rotatable bonds is 9. The highest BCUT2D eigenvalue weighted by Gasteiger charge is 2.51. The highest BCUT2D eigenvalue weighted by atomic mass is 16.7. The fourth-order valence-corrected chi connectivity index (χ4v) is 3.99. The molecule has 0 spiro atoms. The molecule has 1 aromatic carbocycles. The minimum absolute atomic E-state index is 0.145. The Morgan fingerprint density at radius 3 is 2.32 bits per heavy atom. The Morgan fingerprint density at radius 1 is 1.18 bits per heavy atom. The zero-order valence-electron chi connectivity index (χ0n) is 17.7. The summed E-state index contributed by atoms with van der Waals surface area (Å²) in [6.45, 7) is 8.68. The van der Waals surface area contributed by atoms with Crippen molar-refractivity contribution in [1.82, 2.24) is 0 Å². The molecule has 2 aliphatic rings. The van der Waals surface area contributed by atoms with Gasteiger partial charge in [-0.3, -0.25) is 0 Å². The molecule has 1 saturated heterocycles. The first-order chi connectivity index (χ1) is 13.2. The molecular formula is C22H32B2O4. The summed E-state index contributed by atoms with van der Waals surface area (Å²) in [5, 5.41) is 0. The standard InChI is InChI=1S/C22H32B2O4/c1-20(2)21(3,4)28-24(27-20)14-8-13-22(15-23,18-11-12-18)16-26-19(25)17-9-6-5-7-10-17/h5-7,9-10,18H,8,11-16H2,1-4H3/t22-/m0/s1. The maximum Gasteiger partial charge on any atom is 0.457 e. The van der Waals surface area contributed by atoms with Gasteiger partial charge in [0.2, 0.25) is 0 Å². The van der Waals surface area contributed by atoms with Crippen LogP contribution in [0.25, 0.3) is 0 Å². The summed E-state index contributed by atoms with van der Waals surface area (Å²) in [6.07, 6.45) is 5.54. The minimum atomic E-state index is -0.301. The van der Waals surface area contributed by atoms with Crippen LogP contribution >= 0.6 is 0 Å². The Kier molecular flexibility index (Phi) is 6.31. The molecule has 4 nitrogen and oxygen atoms in total. The van der Waals surface area contributed by atoms with E-state index in [9.17, 15) is 4.79 Å². The largest absolute Gasteiger partial charge is 0.462 e. The lowest BCUT2D eigenvalue weighted by molar-refractivity contribution is 0.00578. The number of benzene rings is 1. The van der Waals surface area contributed by atoms with Crippen LogP contribution < -0.4 is 0 Å². The smallest absolute Gasteiger partial charge is 0.457 e. The molecule has 0 aromatic heterocycles. The first kappa shape index (κ1) is 21.4. The van der Waals surface area contributed by atoms with E-state index in [1.54, 1.807) is 12.1 Å². The summed E-state index contributed by atoms with van der Waals surface area (Å²) >= 11 is 0. The van der Waals surface area contributed by atoms with Crippen molar-refractivity contribution in [3.63, 3.8) is 0 Å². The number of ether oxygens (including phenoxy) is 1. The SMILES string of the molecule is [B]C[C@@](CCCB1OC(C)(C)C(C)(C)O1)(COC(=O)c1ccccc1)C1CC1. The predicted octanol–water partition coefficient (Wildman–Crippen LogP) is 4.70.